The molecular weight excluding hydrogens is 622 g/mol. The summed E-state index contributed by atoms with van der Waals surface area (Å²) in [7, 11) is 0. The Morgan fingerprint density at radius 1 is 0.978 bits per heavy atom. The van der Waals surface area contributed by atoms with Gasteiger partial charge in [0, 0.05) is 13.3 Å². The number of carboxylic acids is 4. The van der Waals surface area contributed by atoms with E-state index in [-0.39, 0.29) is 24.6 Å². The number of carbonyl (C=O) groups excluding carboxylic acids is 3. The summed E-state index contributed by atoms with van der Waals surface area (Å²) in [4.78, 5) is 85.1. The van der Waals surface area contributed by atoms with Gasteiger partial charge in [0.2, 0.25) is 17.7 Å². The number of aliphatic hydroxyl groups is 2. The lowest BCUT2D eigenvalue weighted by atomic mass is 9.81. The van der Waals surface area contributed by atoms with Gasteiger partial charge in [0.1, 0.15) is 48.1 Å². The van der Waals surface area contributed by atoms with Gasteiger partial charge in [0.25, 0.3) is 0 Å². The summed E-state index contributed by atoms with van der Waals surface area (Å²) in [5.74, 6) is -9.34. The third kappa shape index (κ3) is 11.1. The quantitative estimate of drug-likeness (QED) is 0.0620. The molecule has 13 N–H and O–H groups in total. The third-order valence-corrected chi connectivity index (χ3v) is 7.27. The summed E-state index contributed by atoms with van der Waals surface area (Å²) in [6.45, 7) is 2.05. The SMILES string of the molecule is [2H]N(C(C)=O)[C@@](C)(C(=O)N[C@@H](CCC(=O)O)C(=O)N[C@@H](CCC[C@@H](N)C(=O)O)C(=O)O)C1O[C@H](CO)[C@@H](O)[C@H](O[C@H](C)C(=O)O)[C@H]1N. The molecule has 0 radical (unpaired) electrons. The molecule has 0 saturated carbocycles. The van der Waals surface area contributed by atoms with Gasteiger partial charge >= 0.3 is 23.9 Å². The van der Waals surface area contributed by atoms with Crippen LogP contribution >= 0.6 is 0 Å². The third-order valence-electron chi connectivity index (χ3n) is 7.27. The molecule has 1 heterocycles. The number of nitrogens with one attached hydrogen (secondary N) is 3. The second-order valence-electron chi connectivity index (χ2n) is 10.9. The van der Waals surface area contributed by atoms with Crippen molar-refractivity contribution < 1.29 is 75.1 Å². The van der Waals surface area contributed by atoms with Crippen LogP contribution in [0.3, 0.4) is 0 Å². The van der Waals surface area contributed by atoms with Gasteiger partial charge in [-0.3, -0.25) is 24.0 Å². The first-order valence-corrected chi connectivity index (χ1v) is 14.1. The molecule has 0 spiro atoms. The number of carbonyl (C=O) groups is 7. The number of carboxylic acid groups (broad SMARTS) is 4. The van der Waals surface area contributed by atoms with E-state index in [0.717, 1.165) is 20.8 Å². The first-order valence-electron chi connectivity index (χ1n) is 14.6. The number of ether oxygens (including phenoxy) is 2. The Bertz CT molecular complexity index is 1180. The first-order chi connectivity index (χ1) is 21.7. The molecule has 46 heavy (non-hydrogen) atoms. The smallest absolute Gasteiger partial charge is 0.332 e. The molecule has 20 nitrogen and oxygen atoms in total. The fourth-order valence-corrected chi connectivity index (χ4v) is 4.70. The fraction of sp³-hybridized carbons (Fsp3) is 0.731. The molecule has 0 bridgehead atoms. The fourth-order valence-electron chi connectivity index (χ4n) is 4.70. The maximum atomic E-state index is 13.9. The number of aliphatic hydroxyl groups excluding tert-OH is 2. The second kappa shape index (κ2) is 17.7. The molecule has 1 saturated heterocycles. The van der Waals surface area contributed by atoms with Crippen molar-refractivity contribution in [1.82, 2.24) is 15.9 Å². The van der Waals surface area contributed by atoms with E-state index in [1.165, 1.54) is 0 Å². The van der Waals surface area contributed by atoms with E-state index >= 15 is 0 Å². The number of nitrogens with two attached hydrogens (primary N) is 2. The maximum Gasteiger partial charge on any atom is 0.332 e. The molecule has 0 aromatic heterocycles. The molecule has 0 aliphatic carbocycles. The number of aliphatic carboxylic acids is 4. The number of hydrogen-bond acceptors (Lipinski definition) is 13. The zero-order valence-electron chi connectivity index (χ0n) is 26.4. The van der Waals surface area contributed by atoms with E-state index in [2.05, 4.69) is 10.6 Å². The highest BCUT2D eigenvalue weighted by Crippen LogP contribution is 2.30. The average molecular weight is 667 g/mol. The molecule has 1 unspecified atom stereocenters. The molecule has 1 aliphatic heterocycles. The Kier molecular flexibility index (Phi) is 14.7. The standard InChI is InChI=1S/C26H43N5O15/c1-10(22(38)39)45-19-17(28)20(46-15(9-32)18(19)36)26(3,31-11(2)33)25(44)30-13(7-8-16(34)35)21(37)29-14(24(42)43)6-4-5-12(27)23(40)41/h10,12-15,17-20,32,36H,4-9,27-28H2,1-3H3,(H,29,37)(H,30,44)(H,31,33)(H,34,35)(H,38,39)(H,40,41)(H,42,43)/t10-,12-,13+,14+,15-,17-,18-,19-,20?,26-/m1/s1/i/hD. The molecular formula is C26H43N5O15. The number of amides is 3. The minimum Gasteiger partial charge on any atom is -0.481 e. The summed E-state index contributed by atoms with van der Waals surface area (Å²) in [6.07, 6.45) is -10.2. The van der Waals surface area contributed by atoms with Crippen LogP contribution in [-0.4, -0.2) is 139 Å². The molecule has 3 amide bonds. The topological polar surface area (TPSA) is 347 Å². The van der Waals surface area contributed by atoms with Gasteiger partial charge in [-0.2, -0.15) is 0 Å². The summed E-state index contributed by atoms with van der Waals surface area (Å²) in [6, 6.07) is -6.37. The lowest BCUT2D eigenvalue weighted by Gasteiger charge is -2.49. The second-order valence-corrected chi connectivity index (χ2v) is 10.9. The molecule has 10 atom stereocenters. The predicted molar refractivity (Wildman–Crippen MR) is 152 cm³/mol. The summed E-state index contributed by atoms with van der Waals surface area (Å²) in [5, 5.41) is 62.0. The highest BCUT2D eigenvalue weighted by atomic mass is 16.6. The molecule has 0 aromatic carbocycles. The van der Waals surface area contributed by atoms with Crippen LogP contribution in [0, 0.1) is 0 Å². The number of rotatable bonds is 19. The minimum absolute atomic E-state index is 0.0557. The van der Waals surface area contributed by atoms with Gasteiger partial charge in [-0.15, -0.1) is 0 Å². The van der Waals surface area contributed by atoms with Crippen LogP contribution in [0.15, 0.2) is 0 Å². The highest BCUT2D eigenvalue weighted by Gasteiger charge is 2.55. The molecule has 262 valence electrons. The molecule has 1 aliphatic rings. The normalized spacial score (nSPS) is 25.4. The Balaban J connectivity index is 3.48. The Labute approximate surface area is 264 Å². The van der Waals surface area contributed by atoms with Crippen LogP contribution in [0.2, 0.25) is 1.41 Å². The van der Waals surface area contributed by atoms with E-state index in [4.69, 9.17) is 27.5 Å². The van der Waals surface area contributed by atoms with E-state index < -0.39 is 121 Å². The van der Waals surface area contributed by atoms with Crippen molar-refractivity contribution >= 4 is 41.6 Å². The van der Waals surface area contributed by atoms with Gasteiger partial charge in [-0.1, -0.05) is 0 Å². The molecule has 20 heteroatoms. The molecule has 1 rings (SSSR count). The molecule has 1 fully saturated rings. The lowest BCUT2D eigenvalue weighted by Crippen LogP contribution is -2.75. The van der Waals surface area contributed by atoms with Crippen molar-refractivity contribution in [3.8, 4) is 0 Å². The van der Waals surface area contributed by atoms with Gasteiger partial charge < -0.3 is 67.5 Å². The van der Waals surface area contributed by atoms with Gasteiger partial charge in [0.15, 0.2) is 7.52 Å². The maximum absolute atomic E-state index is 13.9. The van der Waals surface area contributed by atoms with Gasteiger partial charge in [-0.05, 0) is 39.5 Å². The van der Waals surface area contributed by atoms with Crippen molar-refractivity contribution in [2.75, 3.05) is 6.61 Å². The van der Waals surface area contributed by atoms with Crippen LogP contribution in [0.4, 0.5) is 0 Å². The lowest BCUT2D eigenvalue weighted by molar-refractivity contribution is -0.227. The summed E-state index contributed by atoms with van der Waals surface area (Å²) < 4.78 is 19.5. The number of hydrogen-bond donors (Lipinski definition) is 11. The van der Waals surface area contributed by atoms with Crippen LogP contribution in [0.1, 0.15) is 52.9 Å². The van der Waals surface area contributed by atoms with Gasteiger partial charge in [0.05, 0.1) is 12.6 Å². The average Bonchev–Trinajstić information content (AvgIpc) is 2.99. The van der Waals surface area contributed by atoms with Crippen molar-refractivity contribution in [2.24, 2.45) is 11.5 Å². The molecule has 0 aromatic rings. The first kappa shape index (κ1) is 38.2. The Morgan fingerprint density at radius 2 is 1.59 bits per heavy atom. The van der Waals surface area contributed by atoms with E-state index in [1.54, 1.807) is 0 Å². The summed E-state index contributed by atoms with van der Waals surface area (Å²) in [5.41, 5.74) is 9.15. The van der Waals surface area contributed by atoms with E-state index in [9.17, 15) is 59.1 Å². The van der Waals surface area contributed by atoms with Crippen molar-refractivity contribution in [3.05, 3.63) is 0 Å². The van der Waals surface area contributed by atoms with Crippen molar-refractivity contribution in [1.29, 1.82) is 0 Å². The van der Waals surface area contributed by atoms with Crippen molar-refractivity contribution in [3.63, 3.8) is 0 Å². The summed E-state index contributed by atoms with van der Waals surface area (Å²) >= 11 is 0. The predicted octanol–water partition coefficient (Wildman–Crippen LogP) is -4.31. The zero-order valence-corrected chi connectivity index (χ0v) is 25.4. The Morgan fingerprint density at radius 3 is 2.07 bits per heavy atom. The largest absolute Gasteiger partial charge is 0.481 e. The van der Waals surface area contributed by atoms with E-state index in [0.29, 0.717) is 0 Å². The van der Waals surface area contributed by atoms with Gasteiger partial charge in [-0.25, -0.2) is 9.59 Å². The van der Waals surface area contributed by atoms with Crippen LogP contribution in [0.5, 0.6) is 0 Å². The minimum atomic E-state index is -2.53. The van der Waals surface area contributed by atoms with Crippen LogP contribution < -0.4 is 27.4 Å². The van der Waals surface area contributed by atoms with E-state index in [1.807, 2.05) is 0 Å². The van der Waals surface area contributed by atoms with Crippen molar-refractivity contribution in [2.45, 2.75) is 113 Å². The Hall–Kier alpha value is -3.95. The zero-order chi connectivity index (χ0) is 36.4. The highest BCUT2D eigenvalue weighted by molar-refractivity contribution is 5.96. The van der Waals surface area contributed by atoms with Crippen LogP contribution in [0.25, 0.3) is 0 Å². The monoisotopic (exact) mass is 666 g/mol. The van der Waals surface area contributed by atoms with Crippen LogP contribution in [-0.2, 0) is 43.0 Å².